The molecule has 0 aliphatic carbocycles. The fourth-order valence-corrected chi connectivity index (χ4v) is 5.27. The summed E-state index contributed by atoms with van der Waals surface area (Å²) in [5.41, 5.74) is 0.580. The van der Waals surface area contributed by atoms with Crippen molar-refractivity contribution in [2.75, 3.05) is 4.72 Å². The Morgan fingerprint density at radius 3 is 2.70 bits per heavy atom. The maximum atomic E-state index is 12.5. The number of hydrogen-bond acceptors (Lipinski definition) is 5. The van der Waals surface area contributed by atoms with E-state index in [9.17, 15) is 13.5 Å². The fraction of sp³-hybridized carbons (Fsp3) is 0. The molecule has 5 nitrogen and oxygen atoms in total. The van der Waals surface area contributed by atoms with Gasteiger partial charge in [-0.25, -0.2) is 13.4 Å². The first-order chi connectivity index (χ1) is 10.8. The summed E-state index contributed by atoms with van der Waals surface area (Å²) < 4.78 is 28.5. The Bertz CT molecular complexity index is 1020. The Morgan fingerprint density at radius 1 is 1.22 bits per heavy atom. The number of halogens is 3. The van der Waals surface area contributed by atoms with Crippen LogP contribution >= 0.6 is 50.5 Å². The molecule has 0 bridgehead atoms. The lowest BCUT2D eigenvalue weighted by Gasteiger charge is -2.08. The van der Waals surface area contributed by atoms with Crippen LogP contribution in [-0.4, -0.2) is 18.5 Å². The number of benzene rings is 2. The highest BCUT2D eigenvalue weighted by Crippen LogP contribution is 2.36. The first-order valence-corrected chi connectivity index (χ1v) is 9.88. The van der Waals surface area contributed by atoms with Crippen LogP contribution in [0.5, 0.6) is 5.75 Å². The number of fused-ring (bicyclic) bond motifs is 1. The van der Waals surface area contributed by atoms with Gasteiger partial charge < -0.3 is 5.11 Å². The Kier molecular flexibility index (Phi) is 4.45. The van der Waals surface area contributed by atoms with Crippen molar-refractivity contribution in [1.82, 2.24) is 4.98 Å². The van der Waals surface area contributed by atoms with Gasteiger partial charge in [0.05, 0.1) is 15.2 Å². The third kappa shape index (κ3) is 3.41. The lowest BCUT2D eigenvalue weighted by molar-refractivity contribution is 0.459. The zero-order valence-corrected chi connectivity index (χ0v) is 15.8. The van der Waals surface area contributed by atoms with Crippen molar-refractivity contribution in [1.29, 1.82) is 0 Å². The van der Waals surface area contributed by atoms with E-state index in [1.807, 2.05) is 0 Å². The highest BCUT2D eigenvalue weighted by Gasteiger charge is 2.23. The normalized spacial score (nSPS) is 11.8. The molecule has 2 aromatic carbocycles. The number of rotatable bonds is 3. The predicted octanol–water partition coefficient (Wildman–Crippen LogP) is 4.87. The summed E-state index contributed by atoms with van der Waals surface area (Å²) in [5.74, 6) is -0.522. The summed E-state index contributed by atoms with van der Waals surface area (Å²) in [7, 11) is -4.05. The van der Waals surface area contributed by atoms with Gasteiger partial charge in [0.1, 0.15) is 4.90 Å². The van der Waals surface area contributed by atoms with Crippen molar-refractivity contribution in [2.24, 2.45) is 0 Å². The van der Waals surface area contributed by atoms with E-state index >= 15 is 0 Å². The van der Waals surface area contributed by atoms with Crippen LogP contribution in [0.25, 0.3) is 10.2 Å². The highest BCUT2D eigenvalue weighted by atomic mass is 79.9. The molecule has 1 aromatic heterocycles. The molecule has 0 spiro atoms. The number of thiazole rings is 1. The van der Waals surface area contributed by atoms with E-state index in [1.54, 1.807) is 18.2 Å². The monoisotopic (exact) mass is 452 g/mol. The zero-order valence-electron chi connectivity index (χ0n) is 11.0. The van der Waals surface area contributed by atoms with Crippen molar-refractivity contribution in [3.63, 3.8) is 0 Å². The lowest BCUT2D eigenvalue weighted by atomic mass is 10.3. The average Bonchev–Trinajstić information content (AvgIpc) is 2.83. The molecule has 0 aliphatic heterocycles. The molecule has 3 rings (SSSR count). The van der Waals surface area contributed by atoms with Gasteiger partial charge in [0, 0.05) is 9.50 Å². The van der Waals surface area contributed by atoms with Crippen LogP contribution in [0.1, 0.15) is 0 Å². The second kappa shape index (κ2) is 6.10. The smallest absolute Gasteiger partial charge is 0.267 e. The van der Waals surface area contributed by atoms with Gasteiger partial charge in [0.15, 0.2) is 10.9 Å². The molecule has 3 aromatic rings. The van der Waals surface area contributed by atoms with E-state index < -0.39 is 15.8 Å². The average molecular weight is 454 g/mol. The van der Waals surface area contributed by atoms with Gasteiger partial charge in [0.25, 0.3) is 10.0 Å². The van der Waals surface area contributed by atoms with E-state index in [-0.39, 0.29) is 15.0 Å². The number of phenols is 1. The molecule has 2 N–H and O–H groups in total. The molecule has 120 valence electrons. The van der Waals surface area contributed by atoms with Gasteiger partial charge in [-0.15, -0.1) is 0 Å². The molecule has 10 heteroatoms. The number of anilines is 1. The zero-order chi connectivity index (χ0) is 16.8. The summed E-state index contributed by atoms with van der Waals surface area (Å²) >= 11 is 16.0. The molecular weight excluding hydrogens is 447 g/mol. The second-order valence-electron chi connectivity index (χ2n) is 4.47. The number of hydrogen-bond donors (Lipinski definition) is 2. The van der Waals surface area contributed by atoms with Crippen molar-refractivity contribution in [3.8, 4) is 5.75 Å². The van der Waals surface area contributed by atoms with Crippen molar-refractivity contribution >= 4 is 75.8 Å². The van der Waals surface area contributed by atoms with Gasteiger partial charge in [-0.1, -0.05) is 50.5 Å². The molecule has 0 atom stereocenters. The predicted molar refractivity (Wildman–Crippen MR) is 96.3 cm³/mol. The Morgan fingerprint density at radius 2 is 1.96 bits per heavy atom. The topological polar surface area (TPSA) is 79.3 Å². The van der Waals surface area contributed by atoms with E-state index in [4.69, 9.17) is 23.2 Å². The van der Waals surface area contributed by atoms with Crippen LogP contribution in [-0.2, 0) is 10.0 Å². The minimum atomic E-state index is -4.05. The summed E-state index contributed by atoms with van der Waals surface area (Å²) in [6.45, 7) is 0. The molecular formula is C13H7BrCl2N2O3S2. The maximum Gasteiger partial charge on any atom is 0.267 e. The van der Waals surface area contributed by atoms with Crippen LogP contribution < -0.4 is 4.72 Å². The Hall–Kier alpha value is -1.06. The molecule has 0 unspecified atom stereocenters. The van der Waals surface area contributed by atoms with Gasteiger partial charge in [0.2, 0.25) is 0 Å². The van der Waals surface area contributed by atoms with Crippen molar-refractivity contribution < 1.29 is 13.5 Å². The second-order valence-corrected chi connectivity index (χ2v) is 8.91. The molecule has 23 heavy (non-hydrogen) atoms. The number of nitrogens with one attached hydrogen (secondary N) is 1. The molecule has 0 aliphatic rings. The number of aromatic nitrogens is 1. The molecule has 0 saturated carbocycles. The lowest BCUT2D eigenvalue weighted by Crippen LogP contribution is -2.13. The molecule has 1 heterocycles. The molecule has 0 saturated heterocycles. The number of nitrogens with zero attached hydrogens (tertiary/aromatic N) is 1. The third-order valence-electron chi connectivity index (χ3n) is 2.85. The fourth-order valence-electron chi connectivity index (χ4n) is 1.86. The summed E-state index contributed by atoms with van der Waals surface area (Å²) in [4.78, 5) is 3.84. The quantitative estimate of drug-likeness (QED) is 0.592. The minimum absolute atomic E-state index is 0.0733. The van der Waals surface area contributed by atoms with Crippen molar-refractivity contribution in [3.05, 3.63) is 44.8 Å². The Labute approximate surface area is 154 Å². The van der Waals surface area contributed by atoms with Crippen LogP contribution in [0.15, 0.2) is 39.7 Å². The van der Waals surface area contributed by atoms with Crippen molar-refractivity contribution in [2.45, 2.75) is 4.90 Å². The van der Waals surface area contributed by atoms with Gasteiger partial charge in [-0.3, -0.25) is 4.72 Å². The highest BCUT2D eigenvalue weighted by molar-refractivity contribution is 9.10. The summed E-state index contributed by atoms with van der Waals surface area (Å²) in [5, 5.41) is 10.5. The van der Waals surface area contributed by atoms with Gasteiger partial charge >= 0.3 is 0 Å². The number of sulfonamides is 1. The van der Waals surface area contributed by atoms with Crippen LogP contribution in [0.4, 0.5) is 5.13 Å². The number of aromatic hydroxyl groups is 1. The first-order valence-electron chi connectivity index (χ1n) is 6.03. The SMILES string of the molecule is O=S(=O)(Nc1nc2cc(Cl)ccc2s1)c1cc(Br)cc(Cl)c1O. The standard InChI is InChI=1S/C13H7BrCl2N2O3S2/c14-6-3-8(16)12(19)11(4-6)23(20,21)18-13-17-9-5-7(15)1-2-10(9)22-13/h1-5,19H,(H,17,18). The van der Waals surface area contributed by atoms with Crippen LogP contribution in [0.2, 0.25) is 10.0 Å². The largest absolute Gasteiger partial charge is 0.505 e. The number of phenolic OH excluding ortho intramolecular Hbond substituents is 1. The van der Waals surface area contributed by atoms with E-state index in [2.05, 4.69) is 25.6 Å². The van der Waals surface area contributed by atoms with Gasteiger partial charge in [-0.2, -0.15) is 0 Å². The van der Waals surface area contributed by atoms with E-state index in [0.29, 0.717) is 15.0 Å². The minimum Gasteiger partial charge on any atom is -0.505 e. The van der Waals surface area contributed by atoms with E-state index in [1.165, 1.54) is 12.1 Å². The summed E-state index contributed by atoms with van der Waals surface area (Å²) in [6.07, 6.45) is 0. The first kappa shape index (κ1) is 16.8. The Balaban J connectivity index is 2.03. The van der Waals surface area contributed by atoms with Crippen LogP contribution in [0.3, 0.4) is 0 Å². The van der Waals surface area contributed by atoms with Crippen LogP contribution in [0, 0.1) is 0 Å². The maximum absolute atomic E-state index is 12.5. The van der Waals surface area contributed by atoms with Gasteiger partial charge in [-0.05, 0) is 30.3 Å². The molecule has 0 radical (unpaired) electrons. The molecule has 0 fully saturated rings. The summed E-state index contributed by atoms with van der Waals surface area (Å²) in [6, 6.07) is 7.74. The third-order valence-corrected chi connectivity index (χ3v) is 6.27. The molecule has 0 amide bonds. The van der Waals surface area contributed by atoms with E-state index in [0.717, 1.165) is 16.0 Å².